The molecule has 0 radical (unpaired) electrons. The smallest absolute Gasteiger partial charge is 0.166 e. The number of rotatable bonds is 0. The maximum Gasteiger partial charge on any atom is 0.166 e. The van der Waals surface area contributed by atoms with Crippen molar-refractivity contribution in [2.24, 2.45) is 0 Å². The molecule has 1 aromatic heterocycles. The first-order chi connectivity index (χ1) is 8.39. The van der Waals surface area contributed by atoms with Crippen molar-refractivity contribution in [3.05, 3.63) is 28.5 Å². The molecule has 18 heavy (non-hydrogen) atoms. The van der Waals surface area contributed by atoms with E-state index in [4.69, 9.17) is 11.6 Å². The van der Waals surface area contributed by atoms with Crippen molar-refractivity contribution < 1.29 is 4.79 Å². The highest BCUT2D eigenvalue weighted by Crippen LogP contribution is 2.34. The molecule has 0 bridgehead atoms. The first-order valence-electron chi connectivity index (χ1n) is 6.12. The topological polar surface area (TPSA) is 34.9 Å². The van der Waals surface area contributed by atoms with Crippen molar-refractivity contribution in [1.82, 2.24) is 9.55 Å². The lowest BCUT2D eigenvalue weighted by atomic mass is 9.95. The standard InChI is InChI=1S/C14H15ClN2O/c1-14(2,3)13-16-11-9(15)5-4-8-10(18)6-7-17(13)12(8)11/h4-5H,6-7H2,1-3H3. The molecule has 0 saturated heterocycles. The Morgan fingerprint density at radius 2 is 2.06 bits per heavy atom. The molecule has 0 N–H and O–H groups in total. The van der Waals surface area contributed by atoms with Gasteiger partial charge in [-0.05, 0) is 12.1 Å². The third-order valence-corrected chi connectivity index (χ3v) is 3.68. The maximum absolute atomic E-state index is 12.0. The average Bonchev–Trinajstić information content (AvgIpc) is 2.67. The largest absolute Gasteiger partial charge is 0.326 e. The highest BCUT2D eigenvalue weighted by atomic mass is 35.5. The predicted octanol–water partition coefficient (Wildman–Crippen LogP) is 3.57. The minimum absolute atomic E-state index is 0.0555. The van der Waals surface area contributed by atoms with Gasteiger partial charge in [-0.15, -0.1) is 0 Å². The summed E-state index contributed by atoms with van der Waals surface area (Å²) in [5, 5.41) is 0.618. The van der Waals surface area contributed by atoms with Crippen molar-refractivity contribution in [1.29, 1.82) is 0 Å². The van der Waals surface area contributed by atoms with Crippen molar-refractivity contribution in [3.8, 4) is 0 Å². The zero-order valence-corrected chi connectivity index (χ0v) is 11.5. The molecule has 94 valence electrons. The van der Waals surface area contributed by atoms with Crippen LogP contribution in [0.5, 0.6) is 0 Å². The van der Waals surface area contributed by atoms with Gasteiger partial charge in [-0.25, -0.2) is 4.98 Å². The molecule has 3 nitrogen and oxygen atoms in total. The van der Waals surface area contributed by atoms with E-state index in [2.05, 4.69) is 30.3 Å². The van der Waals surface area contributed by atoms with Crippen molar-refractivity contribution >= 4 is 28.4 Å². The van der Waals surface area contributed by atoms with Gasteiger partial charge in [-0.3, -0.25) is 4.79 Å². The van der Waals surface area contributed by atoms with E-state index in [9.17, 15) is 4.79 Å². The molecule has 0 spiro atoms. The Morgan fingerprint density at radius 3 is 2.72 bits per heavy atom. The van der Waals surface area contributed by atoms with Crippen LogP contribution in [-0.4, -0.2) is 15.3 Å². The van der Waals surface area contributed by atoms with E-state index in [0.717, 1.165) is 22.4 Å². The summed E-state index contributed by atoms with van der Waals surface area (Å²) in [6, 6.07) is 3.59. The van der Waals surface area contributed by atoms with E-state index in [-0.39, 0.29) is 11.2 Å². The van der Waals surface area contributed by atoms with Gasteiger partial charge in [-0.1, -0.05) is 32.4 Å². The van der Waals surface area contributed by atoms with Gasteiger partial charge < -0.3 is 4.57 Å². The average molecular weight is 263 g/mol. The SMILES string of the molecule is CC(C)(C)c1nc2c(Cl)ccc3c2n1CCC3=O. The number of benzene rings is 1. The molecule has 4 heteroatoms. The molecule has 3 rings (SSSR count). The third kappa shape index (κ3) is 1.50. The van der Waals surface area contributed by atoms with E-state index in [0.29, 0.717) is 18.0 Å². The van der Waals surface area contributed by atoms with E-state index in [1.165, 1.54) is 0 Å². The minimum atomic E-state index is -0.0555. The number of nitrogens with zero attached hydrogens (tertiary/aromatic N) is 2. The van der Waals surface area contributed by atoms with Gasteiger partial charge in [0.2, 0.25) is 0 Å². The summed E-state index contributed by atoms with van der Waals surface area (Å²) >= 11 is 6.21. The van der Waals surface area contributed by atoms with Crippen LogP contribution < -0.4 is 0 Å². The molecule has 0 aliphatic carbocycles. The Balaban J connectivity index is 2.46. The molecule has 0 atom stereocenters. The van der Waals surface area contributed by atoms with Gasteiger partial charge in [0.25, 0.3) is 0 Å². The van der Waals surface area contributed by atoms with Crippen molar-refractivity contribution in [3.63, 3.8) is 0 Å². The van der Waals surface area contributed by atoms with Gasteiger partial charge in [-0.2, -0.15) is 0 Å². The number of carbonyl (C=O) groups is 1. The number of aryl methyl sites for hydroxylation is 1. The monoisotopic (exact) mass is 262 g/mol. The van der Waals surface area contributed by atoms with E-state index in [1.807, 2.05) is 6.07 Å². The quantitative estimate of drug-likeness (QED) is 0.727. The Hall–Kier alpha value is -1.35. The molecule has 0 amide bonds. The molecule has 1 aliphatic heterocycles. The first-order valence-corrected chi connectivity index (χ1v) is 6.50. The molecule has 1 aromatic carbocycles. The van der Waals surface area contributed by atoms with Crippen LogP contribution in [0, 0.1) is 0 Å². The van der Waals surface area contributed by atoms with Crippen LogP contribution in [0.2, 0.25) is 5.02 Å². The van der Waals surface area contributed by atoms with Gasteiger partial charge in [0.05, 0.1) is 10.5 Å². The Labute approximate surface area is 111 Å². The van der Waals surface area contributed by atoms with Crippen LogP contribution in [0.15, 0.2) is 12.1 Å². The van der Waals surface area contributed by atoms with E-state index >= 15 is 0 Å². The molecule has 0 fully saturated rings. The molecule has 0 saturated carbocycles. The molecular formula is C14H15ClN2O. The summed E-state index contributed by atoms with van der Waals surface area (Å²) in [6.45, 7) is 7.08. The van der Waals surface area contributed by atoms with Crippen LogP contribution in [0.25, 0.3) is 11.0 Å². The number of carbonyl (C=O) groups excluding carboxylic acids is 1. The van der Waals surface area contributed by atoms with Gasteiger partial charge in [0.1, 0.15) is 11.3 Å². The van der Waals surface area contributed by atoms with E-state index in [1.54, 1.807) is 6.07 Å². The summed E-state index contributed by atoms with van der Waals surface area (Å²) < 4.78 is 2.15. The lowest BCUT2D eigenvalue weighted by Crippen LogP contribution is -2.22. The fraction of sp³-hybridized carbons (Fsp3) is 0.429. The summed E-state index contributed by atoms with van der Waals surface area (Å²) in [7, 11) is 0. The zero-order chi connectivity index (χ0) is 13.1. The predicted molar refractivity (Wildman–Crippen MR) is 72.4 cm³/mol. The second-order valence-electron chi connectivity index (χ2n) is 5.80. The fourth-order valence-electron chi connectivity index (χ4n) is 2.57. The van der Waals surface area contributed by atoms with Crippen LogP contribution in [0.4, 0.5) is 0 Å². The van der Waals surface area contributed by atoms with Gasteiger partial charge in [0.15, 0.2) is 5.78 Å². The highest BCUT2D eigenvalue weighted by Gasteiger charge is 2.29. The maximum atomic E-state index is 12.0. The summed E-state index contributed by atoms with van der Waals surface area (Å²) in [4.78, 5) is 16.6. The van der Waals surface area contributed by atoms with E-state index < -0.39 is 0 Å². The minimum Gasteiger partial charge on any atom is -0.326 e. The first kappa shape index (κ1) is 11.7. The molecule has 0 unspecified atom stereocenters. The zero-order valence-electron chi connectivity index (χ0n) is 10.7. The Morgan fingerprint density at radius 1 is 1.33 bits per heavy atom. The van der Waals surface area contributed by atoms with Crippen LogP contribution in [-0.2, 0) is 12.0 Å². The number of aromatic nitrogens is 2. The number of ketones is 1. The Kier molecular flexibility index (Phi) is 2.33. The third-order valence-electron chi connectivity index (χ3n) is 3.38. The fourth-order valence-corrected chi connectivity index (χ4v) is 2.76. The number of Topliss-reactive ketones (excluding diaryl/α,β-unsaturated/α-hetero) is 1. The lowest BCUT2D eigenvalue weighted by molar-refractivity contribution is 0.0972. The number of hydrogen-bond acceptors (Lipinski definition) is 2. The van der Waals surface area contributed by atoms with Crippen LogP contribution >= 0.6 is 11.6 Å². The number of halogens is 1. The normalized spacial score (nSPS) is 15.4. The molecule has 1 aliphatic rings. The summed E-state index contributed by atoms with van der Waals surface area (Å²) in [5.74, 6) is 1.18. The van der Waals surface area contributed by atoms with Crippen LogP contribution in [0.1, 0.15) is 43.4 Å². The summed E-state index contributed by atoms with van der Waals surface area (Å²) in [6.07, 6.45) is 0.545. The van der Waals surface area contributed by atoms with Gasteiger partial charge in [0, 0.05) is 23.9 Å². The van der Waals surface area contributed by atoms with Crippen molar-refractivity contribution in [2.75, 3.05) is 0 Å². The molecular weight excluding hydrogens is 248 g/mol. The number of imidazole rings is 1. The Bertz CT molecular complexity index is 664. The second-order valence-corrected chi connectivity index (χ2v) is 6.21. The van der Waals surface area contributed by atoms with Gasteiger partial charge >= 0.3 is 0 Å². The second kappa shape index (κ2) is 3.58. The summed E-state index contributed by atoms with van der Waals surface area (Å²) in [5.41, 5.74) is 2.36. The van der Waals surface area contributed by atoms with Crippen LogP contribution in [0.3, 0.4) is 0 Å². The van der Waals surface area contributed by atoms with Crippen molar-refractivity contribution in [2.45, 2.75) is 39.2 Å². The number of hydrogen-bond donors (Lipinski definition) is 0. The highest BCUT2D eigenvalue weighted by molar-refractivity contribution is 6.35. The lowest BCUT2D eigenvalue weighted by Gasteiger charge is -2.22. The molecule has 2 heterocycles. The molecule has 2 aromatic rings.